The molecule has 9 heteroatoms. The Kier molecular flexibility index (Phi) is 6.62. The molecule has 6 nitrogen and oxygen atoms in total. The first-order chi connectivity index (χ1) is 15.5. The topological polar surface area (TPSA) is 69.0 Å². The van der Waals surface area contributed by atoms with Crippen molar-refractivity contribution in [1.82, 2.24) is 14.8 Å². The number of carbonyl (C=O) groups excluding carboxylic acids is 1. The number of fused-ring (bicyclic) bond motifs is 1. The highest BCUT2D eigenvalue weighted by molar-refractivity contribution is 7.98. The van der Waals surface area contributed by atoms with Crippen molar-refractivity contribution in [3.8, 4) is 0 Å². The minimum atomic E-state index is -0.827. The number of esters is 1. The second-order valence-corrected chi connectivity index (χ2v) is 8.37. The molecule has 0 fully saturated rings. The first-order valence-electron chi connectivity index (χ1n) is 9.82. The number of allylic oxidation sites excluding steroid dienone is 1. The molecule has 0 spiro atoms. The molecule has 0 bridgehead atoms. The summed E-state index contributed by atoms with van der Waals surface area (Å²) in [6, 6.07) is 13.0. The van der Waals surface area contributed by atoms with Gasteiger partial charge in [-0.3, -0.25) is 0 Å². The van der Waals surface area contributed by atoms with Crippen LogP contribution in [0.15, 0.2) is 77.6 Å². The molecule has 0 saturated carbocycles. The number of hydrogen-bond donors (Lipinski definition) is 1. The third kappa shape index (κ3) is 4.42. The lowest BCUT2D eigenvalue weighted by Gasteiger charge is -2.28. The number of hydrogen-bond acceptors (Lipinski definition) is 6. The fourth-order valence-corrected chi connectivity index (χ4v) is 4.53. The standard InChI is InChI=1S/C23H20ClFN4O2S/c1-3-12-31-21(30)19-14(2)26-22-27-23(32-13-15-8-4-6-10-17(15)24)28-29(22)20(19)16-9-5-7-11-18(16)25/h3-11,20H,1,12-13H2,2H3,(H,26,27,28). The Hall–Kier alpha value is -3.10. The first kappa shape index (κ1) is 22.1. The molecule has 2 heterocycles. The number of carbonyl (C=O) groups is 1. The Morgan fingerprint density at radius 2 is 2.06 bits per heavy atom. The van der Waals surface area contributed by atoms with Crippen LogP contribution < -0.4 is 5.32 Å². The van der Waals surface area contributed by atoms with E-state index in [1.807, 2.05) is 24.3 Å². The van der Waals surface area contributed by atoms with E-state index in [4.69, 9.17) is 16.3 Å². The highest BCUT2D eigenvalue weighted by atomic mass is 35.5. The Labute approximate surface area is 194 Å². The van der Waals surface area contributed by atoms with Crippen LogP contribution in [-0.2, 0) is 15.3 Å². The van der Waals surface area contributed by atoms with Crippen LogP contribution in [0.25, 0.3) is 0 Å². The summed E-state index contributed by atoms with van der Waals surface area (Å²) in [5.41, 5.74) is 2.04. The van der Waals surface area contributed by atoms with Gasteiger partial charge < -0.3 is 10.1 Å². The minimum Gasteiger partial charge on any atom is -0.458 e. The van der Waals surface area contributed by atoms with E-state index in [-0.39, 0.29) is 12.2 Å². The zero-order valence-corrected chi connectivity index (χ0v) is 18.8. The lowest BCUT2D eigenvalue weighted by molar-refractivity contribution is -0.138. The molecule has 32 heavy (non-hydrogen) atoms. The molecule has 3 aromatic rings. The number of benzene rings is 2. The van der Waals surface area contributed by atoms with E-state index in [0.29, 0.717) is 33.1 Å². The predicted molar refractivity (Wildman–Crippen MR) is 123 cm³/mol. The number of rotatable bonds is 7. The maximum absolute atomic E-state index is 14.8. The summed E-state index contributed by atoms with van der Waals surface area (Å²) < 4.78 is 21.6. The maximum atomic E-state index is 14.8. The zero-order chi connectivity index (χ0) is 22.7. The molecule has 0 saturated heterocycles. The van der Waals surface area contributed by atoms with Crippen molar-refractivity contribution in [2.75, 3.05) is 11.9 Å². The number of ether oxygens (including phenoxy) is 1. The molecule has 0 aliphatic carbocycles. The van der Waals surface area contributed by atoms with Crippen LogP contribution in [0.5, 0.6) is 0 Å². The van der Waals surface area contributed by atoms with Crippen molar-refractivity contribution in [3.63, 3.8) is 0 Å². The van der Waals surface area contributed by atoms with Gasteiger partial charge in [-0.15, -0.1) is 5.10 Å². The second kappa shape index (κ2) is 9.58. The molecule has 0 radical (unpaired) electrons. The van der Waals surface area contributed by atoms with Crippen molar-refractivity contribution in [3.05, 3.63) is 94.4 Å². The molecule has 1 aliphatic heterocycles. The number of aromatic nitrogens is 3. The van der Waals surface area contributed by atoms with Crippen LogP contribution in [0.1, 0.15) is 24.1 Å². The number of nitrogens with one attached hydrogen (secondary N) is 1. The van der Waals surface area contributed by atoms with Crippen molar-refractivity contribution >= 4 is 35.3 Å². The van der Waals surface area contributed by atoms with E-state index in [1.165, 1.54) is 28.6 Å². The fourth-order valence-electron chi connectivity index (χ4n) is 3.41. The molecule has 4 rings (SSSR count). The van der Waals surface area contributed by atoms with Crippen molar-refractivity contribution < 1.29 is 13.9 Å². The quantitative estimate of drug-likeness (QED) is 0.284. The van der Waals surface area contributed by atoms with E-state index in [1.54, 1.807) is 25.1 Å². The summed E-state index contributed by atoms with van der Waals surface area (Å²) >= 11 is 7.65. The van der Waals surface area contributed by atoms with Gasteiger partial charge in [-0.25, -0.2) is 13.9 Å². The van der Waals surface area contributed by atoms with Gasteiger partial charge >= 0.3 is 5.97 Å². The van der Waals surface area contributed by atoms with Crippen LogP contribution in [0.3, 0.4) is 0 Å². The molecule has 2 aromatic carbocycles. The molecule has 1 aliphatic rings. The fraction of sp³-hybridized carbons (Fsp3) is 0.174. The van der Waals surface area contributed by atoms with E-state index in [0.717, 1.165) is 5.56 Å². The Bertz CT molecular complexity index is 1210. The van der Waals surface area contributed by atoms with Crippen LogP contribution in [0, 0.1) is 5.82 Å². The lowest BCUT2D eigenvalue weighted by atomic mass is 9.95. The molecule has 164 valence electrons. The van der Waals surface area contributed by atoms with Crippen LogP contribution in [0.2, 0.25) is 5.02 Å². The third-order valence-electron chi connectivity index (χ3n) is 4.90. The third-order valence-corrected chi connectivity index (χ3v) is 6.15. The van der Waals surface area contributed by atoms with E-state index in [9.17, 15) is 9.18 Å². The summed E-state index contributed by atoms with van der Waals surface area (Å²) in [7, 11) is 0. The molecule has 0 amide bonds. The van der Waals surface area contributed by atoms with Gasteiger partial charge in [0, 0.05) is 22.0 Å². The van der Waals surface area contributed by atoms with Crippen LogP contribution in [-0.4, -0.2) is 27.3 Å². The number of nitrogens with zero attached hydrogens (tertiary/aromatic N) is 3. The summed E-state index contributed by atoms with van der Waals surface area (Å²) in [5.74, 6) is -0.0473. The zero-order valence-electron chi connectivity index (χ0n) is 17.2. The van der Waals surface area contributed by atoms with Crippen LogP contribution in [0.4, 0.5) is 10.3 Å². The van der Waals surface area contributed by atoms with Crippen molar-refractivity contribution in [1.29, 1.82) is 0 Å². The Morgan fingerprint density at radius 3 is 2.81 bits per heavy atom. The predicted octanol–water partition coefficient (Wildman–Crippen LogP) is 5.38. The molecular formula is C23H20ClFN4O2S. The maximum Gasteiger partial charge on any atom is 0.338 e. The summed E-state index contributed by atoms with van der Waals surface area (Å²) in [6.07, 6.45) is 1.48. The van der Waals surface area contributed by atoms with Crippen LogP contribution >= 0.6 is 23.4 Å². The number of anilines is 1. The minimum absolute atomic E-state index is 0.0444. The number of thioether (sulfide) groups is 1. The Morgan fingerprint density at radius 1 is 1.31 bits per heavy atom. The van der Waals surface area contributed by atoms with Gasteiger partial charge in [0.05, 0.1) is 5.57 Å². The van der Waals surface area contributed by atoms with Gasteiger partial charge in [-0.2, -0.15) is 4.98 Å². The SMILES string of the molecule is C=CCOC(=O)C1=C(C)Nc2nc(SCc3ccccc3Cl)nn2C1c1ccccc1F. The molecule has 1 atom stereocenters. The summed E-state index contributed by atoms with van der Waals surface area (Å²) in [4.78, 5) is 17.4. The van der Waals surface area contributed by atoms with E-state index < -0.39 is 17.8 Å². The van der Waals surface area contributed by atoms with Gasteiger partial charge in [-0.05, 0) is 24.6 Å². The summed E-state index contributed by atoms with van der Waals surface area (Å²) in [5, 5.41) is 8.81. The molecule has 1 aromatic heterocycles. The highest BCUT2D eigenvalue weighted by Crippen LogP contribution is 2.38. The molecular weight excluding hydrogens is 451 g/mol. The first-order valence-corrected chi connectivity index (χ1v) is 11.2. The lowest BCUT2D eigenvalue weighted by Crippen LogP contribution is -2.30. The molecule has 1 N–H and O–H groups in total. The smallest absolute Gasteiger partial charge is 0.338 e. The normalized spacial score (nSPS) is 15.2. The van der Waals surface area contributed by atoms with Crippen molar-refractivity contribution in [2.24, 2.45) is 0 Å². The van der Waals surface area contributed by atoms with E-state index >= 15 is 0 Å². The van der Waals surface area contributed by atoms with Gasteiger partial charge in [0.2, 0.25) is 11.1 Å². The summed E-state index contributed by atoms with van der Waals surface area (Å²) in [6.45, 7) is 5.34. The van der Waals surface area contributed by atoms with Crippen molar-refractivity contribution in [2.45, 2.75) is 23.9 Å². The molecule has 1 unspecified atom stereocenters. The van der Waals surface area contributed by atoms with Gasteiger partial charge in [0.25, 0.3) is 0 Å². The second-order valence-electron chi connectivity index (χ2n) is 7.02. The highest BCUT2D eigenvalue weighted by Gasteiger charge is 2.36. The number of halogens is 2. The van der Waals surface area contributed by atoms with Gasteiger partial charge in [0.15, 0.2) is 0 Å². The Balaban J connectivity index is 1.71. The monoisotopic (exact) mass is 470 g/mol. The largest absolute Gasteiger partial charge is 0.458 e. The van der Waals surface area contributed by atoms with E-state index in [2.05, 4.69) is 22.0 Å². The average molecular weight is 471 g/mol. The van der Waals surface area contributed by atoms with Gasteiger partial charge in [0.1, 0.15) is 18.5 Å². The van der Waals surface area contributed by atoms with Gasteiger partial charge in [-0.1, -0.05) is 72.4 Å². The average Bonchev–Trinajstić information content (AvgIpc) is 3.19.